The van der Waals surface area contributed by atoms with Gasteiger partial charge in [0, 0.05) is 25.7 Å². The predicted octanol–water partition coefficient (Wildman–Crippen LogP) is 5.54. The first-order valence-corrected chi connectivity index (χ1v) is 10.5. The molecular formula is C20H26F3N3O2S. The Hall–Kier alpha value is -2.03. The maximum Gasteiger partial charge on any atom is 0.416 e. The largest absolute Gasteiger partial charge is 0.444 e. The Morgan fingerprint density at radius 2 is 2.00 bits per heavy atom. The van der Waals surface area contributed by atoms with Gasteiger partial charge in [-0.25, -0.2) is 9.78 Å². The standard InChI is InChI=1S/C20H26F3N3O2S/c1-5-6-14-12-25(18(27)28-19(2,3)4)9-10-26(14)17-24-15-8-7-13(20(21,22)23)11-16(15)29-17/h7-8,11,14H,5-6,9-10,12H2,1-4H3/t14-/m1/s1. The van der Waals surface area contributed by atoms with E-state index in [1.807, 2.05) is 20.8 Å². The van der Waals surface area contributed by atoms with E-state index in [4.69, 9.17) is 4.74 Å². The van der Waals surface area contributed by atoms with Crippen molar-refractivity contribution in [3.05, 3.63) is 23.8 Å². The van der Waals surface area contributed by atoms with Crippen molar-refractivity contribution in [1.82, 2.24) is 9.88 Å². The molecule has 0 radical (unpaired) electrons. The van der Waals surface area contributed by atoms with Crippen LogP contribution in [0.5, 0.6) is 0 Å². The summed E-state index contributed by atoms with van der Waals surface area (Å²) in [5.74, 6) is 0. The lowest BCUT2D eigenvalue weighted by atomic mass is 10.1. The first-order chi connectivity index (χ1) is 13.5. The molecule has 2 aromatic rings. The summed E-state index contributed by atoms with van der Waals surface area (Å²) in [6.45, 7) is 9.13. The number of piperazine rings is 1. The highest BCUT2D eigenvalue weighted by atomic mass is 32.1. The Balaban J connectivity index is 1.81. The molecule has 0 unspecified atom stereocenters. The molecule has 1 aromatic carbocycles. The van der Waals surface area contributed by atoms with Gasteiger partial charge >= 0.3 is 12.3 Å². The lowest BCUT2D eigenvalue weighted by Crippen LogP contribution is -2.55. The first kappa shape index (κ1) is 21.7. The molecule has 160 valence electrons. The van der Waals surface area contributed by atoms with Crippen molar-refractivity contribution in [3.63, 3.8) is 0 Å². The number of benzene rings is 1. The average molecular weight is 430 g/mol. The highest BCUT2D eigenvalue weighted by Crippen LogP contribution is 2.36. The van der Waals surface area contributed by atoms with Crippen molar-refractivity contribution in [2.45, 2.75) is 58.4 Å². The minimum Gasteiger partial charge on any atom is -0.444 e. The van der Waals surface area contributed by atoms with Gasteiger partial charge in [-0.15, -0.1) is 0 Å². The topological polar surface area (TPSA) is 45.7 Å². The third-order valence-electron chi connectivity index (χ3n) is 4.71. The van der Waals surface area contributed by atoms with Crippen LogP contribution in [0.4, 0.5) is 23.1 Å². The number of alkyl halides is 3. The van der Waals surface area contributed by atoms with Crippen LogP contribution in [0.25, 0.3) is 10.2 Å². The van der Waals surface area contributed by atoms with Crippen LogP contribution in [-0.2, 0) is 10.9 Å². The Labute approximate surface area is 172 Å². The second-order valence-corrected chi connectivity index (χ2v) is 9.25. The van der Waals surface area contributed by atoms with Crippen LogP contribution >= 0.6 is 11.3 Å². The fourth-order valence-electron chi connectivity index (χ4n) is 3.39. The molecule has 0 spiro atoms. The molecule has 1 amide bonds. The van der Waals surface area contributed by atoms with Gasteiger partial charge in [-0.3, -0.25) is 0 Å². The number of amides is 1. The van der Waals surface area contributed by atoms with Gasteiger partial charge in [-0.05, 0) is 45.4 Å². The number of thiazole rings is 1. The maximum absolute atomic E-state index is 13.0. The van der Waals surface area contributed by atoms with E-state index >= 15 is 0 Å². The first-order valence-electron chi connectivity index (χ1n) is 9.70. The van der Waals surface area contributed by atoms with Gasteiger partial charge in [-0.2, -0.15) is 13.2 Å². The van der Waals surface area contributed by atoms with Gasteiger partial charge in [0.15, 0.2) is 5.13 Å². The zero-order chi connectivity index (χ0) is 21.4. The lowest BCUT2D eigenvalue weighted by molar-refractivity contribution is -0.137. The van der Waals surface area contributed by atoms with Crippen molar-refractivity contribution >= 4 is 32.8 Å². The Kier molecular flexibility index (Phi) is 5.98. The van der Waals surface area contributed by atoms with Crippen LogP contribution in [0.15, 0.2) is 18.2 Å². The fourth-order valence-corrected chi connectivity index (χ4v) is 4.49. The minimum atomic E-state index is -4.37. The number of halogens is 3. The fraction of sp³-hybridized carbons (Fsp3) is 0.600. The molecule has 1 saturated heterocycles. The van der Waals surface area contributed by atoms with Crippen molar-refractivity contribution < 1.29 is 22.7 Å². The highest BCUT2D eigenvalue weighted by Gasteiger charge is 2.34. The molecule has 1 fully saturated rings. The van der Waals surface area contributed by atoms with Crippen LogP contribution in [-0.4, -0.2) is 47.3 Å². The third-order valence-corrected chi connectivity index (χ3v) is 5.76. The number of anilines is 1. The number of ether oxygens (including phenoxy) is 1. The predicted molar refractivity (Wildman–Crippen MR) is 108 cm³/mol. The summed E-state index contributed by atoms with van der Waals surface area (Å²) in [7, 11) is 0. The van der Waals surface area contributed by atoms with Gasteiger partial charge in [0.25, 0.3) is 0 Å². The molecule has 5 nitrogen and oxygen atoms in total. The van der Waals surface area contributed by atoms with E-state index in [9.17, 15) is 18.0 Å². The molecule has 1 atom stereocenters. The van der Waals surface area contributed by atoms with Crippen LogP contribution in [0, 0.1) is 0 Å². The minimum absolute atomic E-state index is 0.0453. The normalized spacial score (nSPS) is 18.4. The van der Waals surface area contributed by atoms with E-state index in [2.05, 4.69) is 16.8 Å². The molecule has 1 aliphatic heterocycles. The summed E-state index contributed by atoms with van der Waals surface area (Å²) >= 11 is 1.26. The van der Waals surface area contributed by atoms with Gasteiger partial charge in [0.1, 0.15) is 5.60 Å². The van der Waals surface area contributed by atoms with Gasteiger partial charge in [-0.1, -0.05) is 24.7 Å². The van der Waals surface area contributed by atoms with Crippen molar-refractivity contribution in [2.75, 3.05) is 24.5 Å². The van der Waals surface area contributed by atoms with Crippen LogP contribution in [0.3, 0.4) is 0 Å². The second kappa shape index (κ2) is 8.01. The van der Waals surface area contributed by atoms with Gasteiger partial charge in [0.05, 0.1) is 15.8 Å². The number of carbonyl (C=O) groups is 1. The Morgan fingerprint density at radius 3 is 2.62 bits per heavy atom. The van der Waals surface area contributed by atoms with E-state index in [-0.39, 0.29) is 12.1 Å². The van der Waals surface area contributed by atoms with Gasteiger partial charge in [0.2, 0.25) is 0 Å². The number of nitrogens with zero attached hydrogens (tertiary/aromatic N) is 3. The Morgan fingerprint density at radius 1 is 1.28 bits per heavy atom. The van der Waals surface area contributed by atoms with Crippen LogP contribution in [0.1, 0.15) is 46.1 Å². The molecule has 0 bridgehead atoms. The number of fused-ring (bicyclic) bond motifs is 1. The molecule has 0 aliphatic carbocycles. The number of rotatable bonds is 3. The number of carbonyl (C=O) groups excluding carboxylic acids is 1. The smallest absolute Gasteiger partial charge is 0.416 e. The zero-order valence-corrected chi connectivity index (χ0v) is 17.9. The summed E-state index contributed by atoms with van der Waals surface area (Å²) < 4.78 is 45.0. The molecule has 29 heavy (non-hydrogen) atoms. The van der Waals surface area contributed by atoms with E-state index in [0.717, 1.165) is 25.0 Å². The summed E-state index contributed by atoms with van der Waals surface area (Å²) in [6, 6.07) is 3.69. The molecule has 9 heteroatoms. The Bertz CT molecular complexity index is 876. The number of aromatic nitrogens is 1. The molecule has 1 aliphatic rings. The van der Waals surface area contributed by atoms with E-state index < -0.39 is 17.3 Å². The monoisotopic (exact) mass is 429 g/mol. The summed E-state index contributed by atoms with van der Waals surface area (Å²) in [5, 5.41) is 0.696. The maximum atomic E-state index is 13.0. The molecule has 2 heterocycles. The quantitative estimate of drug-likeness (QED) is 0.643. The van der Waals surface area contributed by atoms with Crippen molar-refractivity contribution in [2.24, 2.45) is 0 Å². The molecule has 3 rings (SSSR count). The number of hydrogen-bond donors (Lipinski definition) is 0. The lowest BCUT2D eigenvalue weighted by Gasteiger charge is -2.41. The zero-order valence-electron chi connectivity index (χ0n) is 17.0. The number of hydrogen-bond acceptors (Lipinski definition) is 5. The van der Waals surface area contributed by atoms with Gasteiger partial charge < -0.3 is 14.5 Å². The van der Waals surface area contributed by atoms with Crippen molar-refractivity contribution in [3.8, 4) is 0 Å². The molecule has 0 saturated carbocycles. The third kappa shape index (κ3) is 5.12. The summed E-state index contributed by atoms with van der Waals surface area (Å²) in [5.41, 5.74) is -0.666. The summed E-state index contributed by atoms with van der Waals surface area (Å²) in [6.07, 6.45) is -2.94. The SMILES string of the molecule is CCC[C@@H]1CN(C(=O)OC(C)(C)C)CCN1c1nc2ccc(C(F)(F)F)cc2s1. The summed E-state index contributed by atoms with van der Waals surface area (Å²) in [4.78, 5) is 20.8. The van der Waals surface area contributed by atoms with Crippen LogP contribution < -0.4 is 4.90 Å². The second-order valence-electron chi connectivity index (χ2n) is 8.24. The van der Waals surface area contributed by atoms with E-state index in [0.29, 0.717) is 35.0 Å². The molecule has 0 N–H and O–H groups in total. The van der Waals surface area contributed by atoms with Crippen molar-refractivity contribution in [1.29, 1.82) is 0 Å². The van der Waals surface area contributed by atoms with E-state index in [1.54, 1.807) is 4.90 Å². The molecule has 1 aromatic heterocycles. The highest BCUT2D eigenvalue weighted by molar-refractivity contribution is 7.22. The van der Waals surface area contributed by atoms with E-state index in [1.165, 1.54) is 17.4 Å². The average Bonchev–Trinajstić information content (AvgIpc) is 3.02. The van der Waals surface area contributed by atoms with Crippen LogP contribution in [0.2, 0.25) is 0 Å². The molecular weight excluding hydrogens is 403 g/mol.